The molecule has 0 bridgehead atoms. The van der Waals surface area contributed by atoms with Gasteiger partial charge in [0.1, 0.15) is 17.4 Å². The summed E-state index contributed by atoms with van der Waals surface area (Å²) in [5.41, 5.74) is 6.02. The predicted octanol–water partition coefficient (Wildman–Crippen LogP) is 1.41. The van der Waals surface area contributed by atoms with Crippen LogP contribution in [0.5, 0.6) is 0 Å². The molecule has 0 spiro atoms. The first-order valence-corrected chi connectivity index (χ1v) is 8.76. The molecule has 1 aliphatic rings. The lowest BCUT2D eigenvalue weighted by atomic mass is 10.2. The molecule has 0 radical (unpaired) electrons. The number of amides is 1. The van der Waals surface area contributed by atoms with E-state index in [1.807, 2.05) is 17.5 Å². The van der Waals surface area contributed by atoms with Crippen LogP contribution in [-0.2, 0) is 9.53 Å². The van der Waals surface area contributed by atoms with Crippen molar-refractivity contribution < 1.29 is 9.53 Å². The fourth-order valence-corrected chi connectivity index (χ4v) is 3.30. The molecule has 2 aromatic heterocycles. The zero-order valence-corrected chi connectivity index (χ0v) is 14.2. The number of thiophene rings is 1. The summed E-state index contributed by atoms with van der Waals surface area (Å²) in [4.78, 5) is 25.5. The molecule has 1 aliphatic heterocycles. The van der Waals surface area contributed by atoms with Crippen molar-refractivity contribution in [1.29, 1.82) is 0 Å². The summed E-state index contributed by atoms with van der Waals surface area (Å²) in [5, 5.41) is 9.06. The summed E-state index contributed by atoms with van der Waals surface area (Å²) in [6, 6.07) is 4.58. The molecule has 24 heavy (non-hydrogen) atoms. The molecule has 128 valence electrons. The Labute approximate surface area is 143 Å². The van der Waals surface area contributed by atoms with Crippen molar-refractivity contribution in [2.24, 2.45) is 0 Å². The normalized spacial score (nSPS) is 18.5. The summed E-state index contributed by atoms with van der Waals surface area (Å²) in [7, 11) is 0. The highest BCUT2D eigenvalue weighted by atomic mass is 32.1. The van der Waals surface area contributed by atoms with Crippen molar-refractivity contribution in [3.05, 3.63) is 33.9 Å². The van der Waals surface area contributed by atoms with Crippen LogP contribution in [0.4, 0.5) is 5.69 Å². The van der Waals surface area contributed by atoms with Gasteiger partial charge >= 0.3 is 0 Å². The van der Waals surface area contributed by atoms with Gasteiger partial charge in [0.2, 0.25) is 5.91 Å². The van der Waals surface area contributed by atoms with E-state index < -0.39 is 11.6 Å². The molecule has 1 amide bonds. The highest BCUT2D eigenvalue weighted by Crippen LogP contribution is 2.23. The summed E-state index contributed by atoms with van der Waals surface area (Å²) in [6.07, 6.45) is 2.00. The van der Waals surface area contributed by atoms with Crippen LogP contribution in [0.15, 0.2) is 28.4 Å². The zero-order chi connectivity index (χ0) is 17.1. The first kappa shape index (κ1) is 16.7. The Morgan fingerprint density at radius 3 is 3.12 bits per heavy atom. The van der Waals surface area contributed by atoms with Gasteiger partial charge in [0.15, 0.2) is 0 Å². The lowest BCUT2D eigenvalue weighted by Gasteiger charge is -2.17. The van der Waals surface area contributed by atoms with Crippen LogP contribution in [0, 0.1) is 0 Å². The number of rotatable bonds is 5. The first-order valence-electron chi connectivity index (χ1n) is 7.89. The molecule has 1 saturated heterocycles. The summed E-state index contributed by atoms with van der Waals surface area (Å²) >= 11 is 1.50. The molecule has 0 aliphatic carbocycles. The van der Waals surface area contributed by atoms with Gasteiger partial charge in [0.05, 0.1) is 11.0 Å². The lowest BCUT2D eigenvalue weighted by molar-refractivity contribution is -0.124. The number of nitrogens with two attached hydrogens (primary N) is 1. The van der Waals surface area contributed by atoms with Crippen LogP contribution in [-0.4, -0.2) is 34.9 Å². The Morgan fingerprint density at radius 1 is 1.62 bits per heavy atom. The van der Waals surface area contributed by atoms with E-state index in [1.54, 1.807) is 13.0 Å². The number of nitrogen functional groups attached to an aromatic ring is 1. The maximum absolute atomic E-state index is 12.4. The average Bonchev–Trinajstić information content (AvgIpc) is 3.27. The van der Waals surface area contributed by atoms with Crippen LogP contribution in [0.3, 0.4) is 0 Å². The molecule has 0 aromatic carbocycles. The van der Waals surface area contributed by atoms with Crippen molar-refractivity contribution in [1.82, 2.24) is 15.1 Å². The Kier molecular flexibility index (Phi) is 4.96. The van der Waals surface area contributed by atoms with Gasteiger partial charge in [-0.2, -0.15) is 5.10 Å². The molecule has 2 atom stereocenters. The van der Waals surface area contributed by atoms with E-state index in [2.05, 4.69) is 10.4 Å². The third kappa shape index (κ3) is 3.49. The van der Waals surface area contributed by atoms with Crippen LogP contribution in [0.2, 0.25) is 0 Å². The summed E-state index contributed by atoms with van der Waals surface area (Å²) < 4.78 is 6.63. The van der Waals surface area contributed by atoms with Crippen molar-refractivity contribution in [2.45, 2.75) is 31.9 Å². The SMILES string of the molecule is C[C@@H](C(=O)NC[C@H]1CCCO1)n1nc(-c2cccs2)cc(N)c1=O. The van der Waals surface area contributed by atoms with Crippen molar-refractivity contribution in [3.63, 3.8) is 0 Å². The van der Waals surface area contributed by atoms with Gasteiger partial charge in [-0.05, 0) is 37.3 Å². The zero-order valence-electron chi connectivity index (χ0n) is 13.4. The number of hydrogen-bond acceptors (Lipinski definition) is 6. The van der Waals surface area contributed by atoms with E-state index in [9.17, 15) is 9.59 Å². The third-order valence-corrected chi connectivity index (χ3v) is 4.90. The minimum atomic E-state index is -0.749. The molecule has 1 fully saturated rings. The van der Waals surface area contributed by atoms with E-state index >= 15 is 0 Å². The average molecular weight is 348 g/mol. The quantitative estimate of drug-likeness (QED) is 0.851. The predicted molar refractivity (Wildman–Crippen MR) is 92.9 cm³/mol. The van der Waals surface area contributed by atoms with Crippen LogP contribution < -0.4 is 16.6 Å². The van der Waals surface area contributed by atoms with Crippen molar-refractivity contribution >= 4 is 22.9 Å². The van der Waals surface area contributed by atoms with Gasteiger partial charge in [-0.25, -0.2) is 4.68 Å². The van der Waals surface area contributed by atoms with Gasteiger partial charge in [-0.3, -0.25) is 9.59 Å². The fraction of sp³-hybridized carbons (Fsp3) is 0.438. The Morgan fingerprint density at radius 2 is 2.46 bits per heavy atom. The van der Waals surface area contributed by atoms with Crippen LogP contribution in [0.1, 0.15) is 25.8 Å². The van der Waals surface area contributed by atoms with Gasteiger partial charge in [0.25, 0.3) is 5.56 Å². The molecule has 0 unspecified atom stereocenters. The second-order valence-electron chi connectivity index (χ2n) is 5.77. The largest absolute Gasteiger partial charge is 0.394 e. The Bertz CT molecular complexity index is 766. The molecular weight excluding hydrogens is 328 g/mol. The molecule has 0 saturated carbocycles. The van der Waals surface area contributed by atoms with Crippen molar-refractivity contribution in [2.75, 3.05) is 18.9 Å². The number of ether oxygens (including phenoxy) is 1. The number of anilines is 1. The number of carbonyl (C=O) groups excluding carboxylic acids is 1. The number of nitrogens with zero attached hydrogens (tertiary/aromatic N) is 2. The molecular formula is C16H20N4O3S. The number of hydrogen-bond donors (Lipinski definition) is 2. The number of nitrogens with one attached hydrogen (secondary N) is 1. The van der Waals surface area contributed by atoms with E-state index in [0.717, 1.165) is 29.0 Å². The second kappa shape index (κ2) is 7.14. The van der Waals surface area contributed by atoms with Gasteiger partial charge in [-0.15, -0.1) is 11.3 Å². The molecule has 2 aromatic rings. The van der Waals surface area contributed by atoms with E-state index in [0.29, 0.717) is 12.2 Å². The second-order valence-corrected chi connectivity index (χ2v) is 6.72. The summed E-state index contributed by atoms with van der Waals surface area (Å²) in [6.45, 7) is 2.81. The monoisotopic (exact) mass is 348 g/mol. The maximum atomic E-state index is 12.4. The Hall–Kier alpha value is -2.19. The van der Waals surface area contributed by atoms with Gasteiger partial charge < -0.3 is 15.8 Å². The van der Waals surface area contributed by atoms with E-state index in [1.165, 1.54) is 11.3 Å². The van der Waals surface area contributed by atoms with E-state index in [4.69, 9.17) is 10.5 Å². The van der Waals surface area contributed by atoms with Crippen LogP contribution >= 0.6 is 11.3 Å². The number of aromatic nitrogens is 2. The molecule has 3 rings (SSSR count). The van der Waals surface area contributed by atoms with E-state index in [-0.39, 0.29) is 17.7 Å². The van der Waals surface area contributed by atoms with Crippen molar-refractivity contribution in [3.8, 4) is 10.6 Å². The Balaban J connectivity index is 1.79. The highest BCUT2D eigenvalue weighted by molar-refractivity contribution is 7.13. The lowest BCUT2D eigenvalue weighted by Crippen LogP contribution is -2.40. The highest BCUT2D eigenvalue weighted by Gasteiger charge is 2.22. The standard InChI is InChI=1S/C16H20N4O3S/c1-10(15(21)18-9-11-4-2-6-23-11)20-16(22)12(17)8-13(19-20)14-5-3-7-24-14/h3,5,7-8,10-11H,2,4,6,9,17H2,1H3,(H,18,21)/t10-,11+/m0/s1. The summed E-state index contributed by atoms with van der Waals surface area (Å²) in [5.74, 6) is -0.275. The third-order valence-electron chi connectivity index (χ3n) is 4.01. The van der Waals surface area contributed by atoms with Gasteiger partial charge in [0, 0.05) is 13.2 Å². The number of carbonyl (C=O) groups is 1. The smallest absolute Gasteiger partial charge is 0.290 e. The fourth-order valence-electron chi connectivity index (χ4n) is 2.62. The minimum Gasteiger partial charge on any atom is -0.394 e. The van der Waals surface area contributed by atoms with Crippen LogP contribution in [0.25, 0.3) is 10.6 Å². The minimum absolute atomic E-state index is 0.0494. The topological polar surface area (TPSA) is 99.2 Å². The maximum Gasteiger partial charge on any atom is 0.290 e. The molecule has 3 N–H and O–H groups in total. The molecule has 3 heterocycles. The van der Waals surface area contributed by atoms with Gasteiger partial charge in [-0.1, -0.05) is 6.07 Å². The molecule has 8 heteroatoms. The molecule has 7 nitrogen and oxygen atoms in total. The first-order chi connectivity index (χ1) is 11.6.